The molecule has 0 fully saturated rings. The normalized spacial score (nSPS) is 17.0. The molecule has 0 saturated carbocycles. The summed E-state index contributed by atoms with van der Waals surface area (Å²) in [4.78, 5) is 20.2. The van der Waals surface area contributed by atoms with Gasteiger partial charge >= 0.3 is 11.9 Å². The summed E-state index contributed by atoms with van der Waals surface area (Å²) < 4.78 is 0. The second-order valence-electron chi connectivity index (χ2n) is 2.55. The van der Waals surface area contributed by atoms with E-state index in [2.05, 4.69) is 0 Å². The van der Waals surface area contributed by atoms with Gasteiger partial charge in [0.05, 0.1) is 0 Å². The third-order valence-electron chi connectivity index (χ3n) is 1.50. The minimum Gasteiger partial charge on any atom is -0.479 e. The number of aliphatic carboxylic acids is 2. The molecule has 0 aliphatic heterocycles. The van der Waals surface area contributed by atoms with Gasteiger partial charge < -0.3 is 36.8 Å². The molecule has 0 bridgehead atoms. The molecule has 0 aromatic carbocycles. The molecule has 0 aromatic heterocycles. The van der Waals surface area contributed by atoms with Crippen LogP contribution < -0.4 is 6.15 Å². The molecular weight excluding hydrogens is 305 g/mol. The first kappa shape index (κ1) is 21.0. The molecule has 0 rings (SSSR count). The van der Waals surface area contributed by atoms with Crippen molar-refractivity contribution in [3.8, 4) is 0 Å². The van der Waals surface area contributed by atoms with Crippen LogP contribution >= 0.6 is 0 Å². The molecule has 0 aliphatic rings. The van der Waals surface area contributed by atoms with Gasteiger partial charge in [-0.15, -0.1) is 0 Å². The van der Waals surface area contributed by atoms with Gasteiger partial charge in [-0.3, -0.25) is 0 Å². The van der Waals surface area contributed by atoms with E-state index in [1.54, 1.807) is 0 Å². The summed E-state index contributed by atoms with van der Waals surface area (Å²) in [5.41, 5.74) is 0. The van der Waals surface area contributed by atoms with Gasteiger partial charge in [-0.2, -0.15) is 0 Å². The number of hydrogen-bond donors (Lipinski definition) is 7. The largest absolute Gasteiger partial charge is 0.479 e. The quantitative estimate of drug-likeness (QED) is 0.273. The maximum absolute atomic E-state index is 10.1. The molecule has 0 aliphatic carbocycles. The number of aliphatic hydroxyl groups is 4. The predicted octanol–water partition coefficient (Wildman–Crippen LogP) is -3.24. The topological polar surface area (TPSA) is 191 Å². The monoisotopic (exact) mass is 317 g/mol. The van der Waals surface area contributed by atoms with Gasteiger partial charge in [0.1, 0.15) is 12.2 Å². The summed E-state index contributed by atoms with van der Waals surface area (Å²) in [6.45, 7) is 0. The average Bonchev–Trinajstić information content (AvgIpc) is 2.12. The van der Waals surface area contributed by atoms with Gasteiger partial charge in [-0.25, -0.2) is 9.59 Å². The zero-order valence-corrected chi connectivity index (χ0v) is 10.5. The van der Waals surface area contributed by atoms with E-state index >= 15 is 0 Å². The summed E-state index contributed by atoms with van der Waals surface area (Å²) in [6.07, 6.45) is -9.28. The molecule has 0 saturated heterocycles. The standard InChI is InChI=1S/C6H10O8.H3N.Zr/c7-1(3(9)5(11)12)2(8)4(10)6(13)14;;/h1-4,7-10H,(H,11,12)(H,13,14);1H3;. The first-order valence-corrected chi connectivity index (χ1v) is 3.47. The molecule has 4 unspecified atom stereocenters. The first-order chi connectivity index (χ1) is 6.29. The van der Waals surface area contributed by atoms with Crippen LogP contribution in [-0.2, 0) is 35.8 Å². The van der Waals surface area contributed by atoms with E-state index < -0.39 is 36.4 Å². The molecule has 9 N–H and O–H groups in total. The Kier molecular flexibility index (Phi) is 11.5. The molecule has 0 spiro atoms. The van der Waals surface area contributed by atoms with Crippen molar-refractivity contribution in [1.82, 2.24) is 6.15 Å². The fourth-order valence-electron chi connectivity index (χ4n) is 0.666. The van der Waals surface area contributed by atoms with Crippen LogP contribution in [0.15, 0.2) is 0 Å². The fraction of sp³-hybridized carbons (Fsp3) is 0.667. The van der Waals surface area contributed by atoms with Crippen LogP contribution in [0.2, 0.25) is 0 Å². The minimum atomic E-state index is -2.36. The van der Waals surface area contributed by atoms with Crippen molar-refractivity contribution in [2.24, 2.45) is 0 Å². The number of carbonyl (C=O) groups is 2. The van der Waals surface area contributed by atoms with E-state index in [0.717, 1.165) is 0 Å². The van der Waals surface area contributed by atoms with E-state index in [4.69, 9.17) is 30.6 Å². The Morgan fingerprint density at radius 2 is 0.938 bits per heavy atom. The van der Waals surface area contributed by atoms with Crippen molar-refractivity contribution < 1.29 is 66.4 Å². The fourth-order valence-corrected chi connectivity index (χ4v) is 0.666. The smallest absolute Gasteiger partial charge is 0.335 e. The summed E-state index contributed by atoms with van der Waals surface area (Å²) in [5.74, 6) is -3.68. The van der Waals surface area contributed by atoms with Gasteiger partial charge in [0.15, 0.2) is 12.2 Å². The number of hydrogen-bond acceptors (Lipinski definition) is 7. The van der Waals surface area contributed by atoms with Crippen LogP contribution in [-0.4, -0.2) is 67.0 Å². The molecule has 0 aromatic rings. The second-order valence-corrected chi connectivity index (χ2v) is 2.55. The molecule has 9 nitrogen and oxygen atoms in total. The van der Waals surface area contributed by atoms with E-state index in [0.29, 0.717) is 0 Å². The van der Waals surface area contributed by atoms with Crippen molar-refractivity contribution in [3.05, 3.63) is 0 Å². The maximum Gasteiger partial charge on any atom is 0.335 e. The van der Waals surface area contributed by atoms with Crippen LogP contribution in [0.1, 0.15) is 0 Å². The summed E-state index contributed by atoms with van der Waals surface area (Å²) >= 11 is 0. The number of aliphatic hydroxyl groups excluding tert-OH is 4. The molecule has 16 heavy (non-hydrogen) atoms. The second kappa shape index (κ2) is 8.74. The van der Waals surface area contributed by atoms with E-state index in [1.165, 1.54) is 0 Å². The molecule has 0 heterocycles. The van der Waals surface area contributed by atoms with Crippen molar-refractivity contribution in [2.75, 3.05) is 0 Å². The van der Waals surface area contributed by atoms with E-state index in [-0.39, 0.29) is 32.4 Å². The Balaban J connectivity index is -0.000000845. The third-order valence-corrected chi connectivity index (χ3v) is 1.50. The van der Waals surface area contributed by atoms with Crippen LogP contribution in [0.4, 0.5) is 0 Å². The zero-order chi connectivity index (χ0) is 11.5. The molecule has 0 amide bonds. The Morgan fingerprint density at radius 1 is 0.750 bits per heavy atom. The van der Waals surface area contributed by atoms with Gasteiger partial charge in [0, 0.05) is 26.2 Å². The third kappa shape index (κ3) is 5.64. The molecule has 10 heteroatoms. The van der Waals surface area contributed by atoms with E-state index in [9.17, 15) is 9.59 Å². The minimum absolute atomic E-state index is 0. The SMILES string of the molecule is N.O=C(O)C(O)C(O)C(O)C(O)C(=O)O.[Zr]. The van der Waals surface area contributed by atoms with Gasteiger partial charge in [-0.05, 0) is 0 Å². The van der Waals surface area contributed by atoms with Crippen LogP contribution in [0, 0.1) is 0 Å². The van der Waals surface area contributed by atoms with Crippen molar-refractivity contribution >= 4 is 11.9 Å². The van der Waals surface area contributed by atoms with Gasteiger partial charge in [-0.1, -0.05) is 0 Å². The Hall–Kier alpha value is -0.377. The maximum atomic E-state index is 10.1. The Bertz CT molecular complexity index is 213. The molecular formula is C6H13NO8Zr. The van der Waals surface area contributed by atoms with Crippen molar-refractivity contribution in [1.29, 1.82) is 0 Å². The average molecular weight is 318 g/mol. The van der Waals surface area contributed by atoms with Crippen LogP contribution in [0.5, 0.6) is 0 Å². The molecule has 4 atom stereocenters. The predicted molar refractivity (Wildman–Crippen MR) is 44.3 cm³/mol. The van der Waals surface area contributed by atoms with Gasteiger partial charge in [0.2, 0.25) is 0 Å². The van der Waals surface area contributed by atoms with Gasteiger partial charge in [0.25, 0.3) is 0 Å². The van der Waals surface area contributed by atoms with Crippen molar-refractivity contribution in [2.45, 2.75) is 24.4 Å². The number of carboxylic acids is 2. The summed E-state index contributed by atoms with van der Waals surface area (Å²) in [7, 11) is 0. The molecule has 94 valence electrons. The zero-order valence-electron chi connectivity index (χ0n) is 8.02. The van der Waals surface area contributed by atoms with Crippen molar-refractivity contribution in [3.63, 3.8) is 0 Å². The number of carboxylic acid groups (broad SMARTS) is 2. The Morgan fingerprint density at radius 3 is 1.06 bits per heavy atom. The Labute approximate surface area is 109 Å². The van der Waals surface area contributed by atoms with E-state index in [1.807, 2.05) is 0 Å². The number of rotatable bonds is 5. The van der Waals surface area contributed by atoms with Crippen LogP contribution in [0.3, 0.4) is 0 Å². The summed E-state index contributed by atoms with van der Waals surface area (Å²) in [6, 6.07) is 0. The molecule has 0 radical (unpaired) electrons. The first-order valence-electron chi connectivity index (χ1n) is 3.47. The summed E-state index contributed by atoms with van der Waals surface area (Å²) in [5, 5.41) is 51.5. The van der Waals surface area contributed by atoms with Crippen LogP contribution in [0.25, 0.3) is 0 Å².